The molecule has 0 spiro atoms. The Bertz CT molecular complexity index is 903. The van der Waals surface area contributed by atoms with E-state index in [1.807, 2.05) is 18.2 Å². The molecule has 5 nitrogen and oxygen atoms in total. The van der Waals surface area contributed by atoms with E-state index in [2.05, 4.69) is 17.2 Å². The summed E-state index contributed by atoms with van der Waals surface area (Å²) in [7, 11) is 0. The van der Waals surface area contributed by atoms with Gasteiger partial charge in [-0.05, 0) is 55.5 Å². The smallest absolute Gasteiger partial charge is 0.305 e. The molecule has 5 heteroatoms. The molecule has 1 aliphatic carbocycles. The minimum Gasteiger partial charge on any atom is -0.481 e. The van der Waals surface area contributed by atoms with Crippen LogP contribution < -0.4 is 5.32 Å². The van der Waals surface area contributed by atoms with E-state index in [-0.39, 0.29) is 12.3 Å². The number of hydrogen-bond acceptors (Lipinski definition) is 3. The highest BCUT2D eigenvalue weighted by atomic mass is 16.4. The van der Waals surface area contributed by atoms with Crippen LogP contribution in [-0.2, 0) is 4.79 Å². The largest absolute Gasteiger partial charge is 0.481 e. The van der Waals surface area contributed by atoms with Crippen LogP contribution >= 0.6 is 0 Å². The number of amides is 1. The zero-order valence-corrected chi connectivity index (χ0v) is 16.2. The molecule has 1 aliphatic rings. The lowest BCUT2D eigenvalue weighted by atomic mass is 9.85. The third-order valence-corrected chi connectivity index (χ3v) is 5.15. The molecule has 29 heavy (non-hydrogen) atoms. The lowest BCUT2D eigenvalue weighted by molar-refractivity contribution is -0.137. The number of benzene rings is 2. The van der Waals surface area contributed by atoms with Crippen molar-refractivity contribution >= 4 is 11.9 Å². The summed E-state index contributed by atoms with van der Waals surface area (Å²) in [4.78, 5) is 23.8. The van der Waals surface area contributed by atoms with Gasteiger partial charge in [-0.1, -0.05) is 48.6 Å². The van der Waals surface area contributed by atoms with Gasteiger partial charge in [-0.25, -0.2) is 0 Å². The van der Waals surface area contributed by atoms with Crippen molar-refractivity contribution in [3.63, 3.8) is 0 Å². The van der Waals surface area contributed by atoms with Crippen molar-refractivity contribution in [3.8, 4) is 11.8 Å². The molecule has 3 rings (SSSR count). The molecule has 3 N–H and O–H groups in total. The fourth-order valence-electron chi connectivity index (χ4n) is 3.51. The van der Waals surface area contributed by atoms with Gasteiger partial charge in [-0.2, -0.15) is 0 Å². The highest BCUT2D eigenvalue weighted by molar-refractivity contribution is 5.94. The summed E-state index contributed by atoms with van der Waals surface area (Å²) < 4.78 is 0. The van der Waals surface area contributed by atoms with Crippen LogP contribution in [0.2, 0.25) is 0 Å². The van der Waals surface area contributed by atoms with E-state index < -0.39 is 17.6 Å². The molecule has 2 aromatic carbocycles. The second-order valence-electron chi connectivity index (χ2n) is 7.45. The van der Waals surface area contributed by atoms with Gasteiger partial charge < -0.3 is 15.5 Å². The molecule has 0 bridgehead atoms. The minimum absolute atomic E-state index is 0.197. The van der Waals surface area contributed by atoms with Crippen LogP contribution in [0.25, 0.3) is 0 Å². The maximum atomic E-state index is 12.6. The van der Waals surface area contributed by atoms with Gasteiger partial charge in [0.15, 0.2) is 0 Å². The van der Waals surface area contributed by atoms with E-state index >= 15 is 0 Å². The number of carboxylic acids is 1. The maximum absolute atomic E-state index is 12.6. The first-order valence-electron chi connectivity index (χ1n) is 9.88. The van der Waals surface area contributed by atoms with Gasteiger partial charge in [0.1, 0.15) is 5.60 Å². The Labute approximate surface area is 170 Å². The maximum Gasteiger partial charge on any atom is 0.305 e. The number of hydrogen-bond donors (Lipinski definition) is 3. The second-order valence-corrected chi connectivity index (χ2v) is 7.45. The fourth-order valence-corrected chi connectivity index (χ4v) is 3.51. The molecule has 150 valence electrons. The Morgan fingerprint density at radius 3 is 2.28 bits per heavy atom. The summed E-state index contributed by atoms with van der Waals surface area (Å²) in [6.45, 7) is 0. The summed E-state index contributed by atoms with van der Waals surface area (Å²) in [5, 5.41) is 22.4. The van der Waals surface area contributed by atoms with E-state index in [0.717, 1.165) is 30.4 Å². The molecule has 1 saturated carbocycles. The minimum atomic E-state index is -0.981. The van der Waals surface area contributed by atoms with Crippen molar-refractivity contribution in [2.75, 3.05) is 0 Å². The van der Waals surface area contributed by atoms with E-state index in [4.69, 9.17) is 5.11 Å². The number of nitrogens with one attached hydrogen (secondary N) is 1. The summed E-state index contributed by atoms with van der Waals surface area (Å²) in [5.74, 6) is 4.66. The topological polar surface area (TPSA) is 86.6 Å². The second kappa shape index (κ2) is 9.40. The van der Waals surface area contributed by atoms with Crippen LogP contribution in [-0.4, -0.2) is 27.7 Å². The van der Waals surface area contributed by atoms with Gasteiger partial charge in [0.25, 0.3) is 5.91 Å². The highest BCUT2D eigenvalue weighted by Crippen LogP contribution is 2.27. The van der Waals surface area contributed by atoms with Crippen LogP contribution in [0.3, 0.4) is 0 Å². The van der Waals surface area contributed by atoms with E-state index in [1.54, 1.807) is 36.4 Å². The van der Waals surface area contributed by atoms with E-state index in [0.29, 0.717) is 18.4 Å². The van der Waals surface area contributed by atoms with Gasteiger partial charge in [-0.3, -0.25) is 9.59 Å². The molecule has 1 unspecified atom stereocenters. The zero-order valence-electron chi connectivity index (χ0n) is 16.2. The predicted molar refractivity (Wildman–Crippen MR) is 110 cm³/mol. The summed E-state index contributed by atoms with van der Waals surface area (Å²) in [5.41, 5.74) is 0.990. The van der Waals surface area contributed by atoms with Gasteiger partial charge in [-0.15, -0.1) is 0 Å². The first-order valence-corrected chi connectivity index (χ1v) is 9.88. The quantitative estimate of drug-likeness (QED) is 0.679. The number of aliphatic carboxylic acids is 1. The molecule has 0 saturated heterocycles. The Hall–Kier alpha value is -3.10. The van der Waals surface area contributed by atoms with Gasteiger partial charge in [0, 0.05) is 11.1 Å². The summed E-state index contributed by atoms with van der Waals surface area (Å²) in [6.07, 6.45) is 4.32. The Morgan fingerprint density at radius 2 is 1.66 bits per heavy atom. The van der Waals surface area contributed by atoms with Crippen molar-refractivity contribution in [3.05, 3.63) is 71.3 Å². The van der Waals surface area contributed by atoms with Gasteiger partial charge in [0.05, 0.1) is 12.5 Å². The van der Waals surface area contributed by atoms with E-state index in [1.165, 1.54) is 0 Å². The van der Waals surface area contributed by atoms with Gasteiger partial charge >= 0.3 is 5.97 Å². The molecule has 1 fully saturated rings. The molecular weight excluding hydrogens is 366 g/mol. The summed E-state index contributed by atoms with van der Waals surface area (Å²) >= 11 is 0. The lowest BCUT2D eigenvalue weighted by Gasteiger charge is -2.26. The first kappa shape index (κ1) is 20.6. The third-order valence-electron chi connectivity index (χ3n) is 5.15. The lowest BCUT2D eigenvalue weighted by Crippen LogP contribution is -2.30. The van der Waals surface area contributed by atoms with Crippen LogP contribution in [0.5, 0.6) is 0 Å². The number of carboxylic acid groups (broad SMARTS) is 1. The average Bonchev–Trinajstić information content (AvgIpc) is 2.73. The van der Waals surface area contributed by atoms with Crippen LogP contribution in [0, 0.1) is 11.8 Å². The molecule has 1 amide bonds. The first-order chi connectivity index (χ1) is 14.0. The average molecular weight is 391 g/mol. The number of carbonyl (C=O) groups is 2. The molecule has 0 heterocycles. The van der Waals surface area contributed by atoms with Crippen molar-refractivity contribution in [1.82, 2.24) is 5.32 Å². The Kier molecular flexibility index (Phi) is 6.69. The SMILES string of the molecule is O=C(O)CC(NC(=O)c1ccc(C#CC2(O)CCCCC2)cc1)c1ccccc1. The molecular formula is C24H25NO4. The summed E-state index contributed by atoms with van der Waals surface area (Å²) in [6, 6.07) is 15.2. The molecule has 0 aromatic heterocycles. The third kappa shape index (κ3) is 5.94. The number of carbonyl (C=O) groups excluding carboxylic acids is 1. The van der Waals surface area contributed by atoms with Crippen molar-refractivity contribution in [1.29, 1.82) is 0 Å². The van der Waals surface area contributed by atoms with Crippen molar-refractivity contribution < 1.29 is 19.8 Å². The van der Waals surface area contributed by atoms with Crippen LogP contribution in [0.15, 0.2) is 54.6 Å². The Balaban J connectivity index is 1.68. The van der Waals surface area contributed by atoms with E-state index in [9.17, 15) is 14.7 Å². The molecule has 2 aromatic rings. The molecule has 1 atom stereocenters. The number of aliphatic hydroxyl groups is 1. The normalized spacial score (nSPS) is 16.2. The van der Waals surface area contributed by atoms with Crippen LogP contribution in [0.4, 0.5) is 0 Å². The predicted octanol–water partition coefficient (Wildman–Crippen LogP) is 3.68. The zero-order chi connectivity index (χ0) is 20.7. The van der Waals surface area contributed by atoms with Crippen LogP contribution in [0.1, 0.15) is 66.1 Å². The Morgan fingerprint density at radius 1 is 1.00 bits per heavy atom. The highest BCUT2D eigenvalue weighted by Gasteiger charge is 2.26. The van der Waals surface area contributed by atoms with Crippen molar-refractivity contribution in [2.45, 2.75) is 50.2 Å². The molecule has 0 radical (unpaired) electrons. The molecule has 0 aliphatic heterocycles. The monoisotopic (exact) mass is 391 g/mol. The van der Waals surface area contributed by atoms with Crippen molar-refractivity contribution in [2.24, 2.45) is 0 Å². The fraction of sp³-hybridized carbons (Fsp3) is 0.333. The number of rotatable bonds is 5. The standard InChI is InChI=1S/C24H25NO4/c26-22(27)17-21(19-7-3-1-4-8-19)25-23(28)20-11-9-18(10-12-20)13-16-24(29)14-5-2-6-15-24/h1,3-4,7-12,21,29H,2,5-6,14-15,17H2,(H,25,28)(H,26,27). The van der Waals surface area contributed by atoms with Gasteiger partial charge in [0.2, 0.25) is 0 Å².